The predicted molar refractivity (Wildman–Crippen MR) is 77.7 cm³/mol. The van der Waals surface area contributed by atoms with Crippen LogP contribution in [0.15, 0.2) is 53.0 Å². The summed E-state index contributed by atoms with van der Waals surface area (Å²) in [5.74, 6) is -3.00. The highest BCUT2D eigenvalue weighted by atomic mass is 79.9. The SMILES string of the molecule is N#Cc1cc(Br)ccc1NCC(F)(F)c1ccccc1. The molecule has 0 bridgehead atoms. The lowest BCUT2D eigenvalue weighted by atomic mass is 10.1. The van der Waals surface area contributed by atoms with E-state index in [1.165, 1.54) is 12.1 Å². The summed E-state index contributed by atoms with van der Waals surface area (Å²) < 4.78 is 28.7. The monoisotopic (exact) mass is 336 g/mol. The van der Waals surface area contributed by atoms with Gasteiger partial charge in [0.2, 0.25) is 0 Å². The molecule has 2 rings (SSSR count). The molecule has 5 heteroatoms. The number of hydrogen-bond donors (Lipinski definition) is 1. The van der Waals surface area contributed by atoms with Gasteiger partial charge in [0.15, 0.2) is 0 Å². The van der Waals surface area contributed by atoms with Crippen molar-refractivity contribution in [3.63, 3.8) is 0 Å². The number of benzene rings is 2. The molecule has 0 aromatic heterocycles. The van der Waals surface area contributed by atoms with E-state index in [0.29, 0.717) is 11.3 Å². The molecule has 0 spiro atoms. The molecule has 0 unspecified atom stereocenters. The summed E-state index contributed by atoms with van der Waals surface area (Å²) in [6.07, 6.45) is 0. The fraction of sp³-hybridized carbons (Fsp3) is 0.133. The van der Waals surface area contributed by atoms with Gasteiger partial charge in [-0.3, -0.25) is 0 Å². The summed E-state index contributed by atoms with van der Waals surface area (Å²) in [6.45, 7) is -0.562. The maximum Gasteiger partial charge on any atom is 0.290 e. The van der Waals surface area contributed by atoms with Gasteiger partial charge < -0.3 is 5.32 Å². The van der Waals surface area contributed by atoms with Gasteiger partial charge in [-0.1, -0.05) is 46.3 Å². The van der Waals surface area contributed by atoms with Gasteiger partial charge in [-0.05, 0) is 18.2 Å². The van der Waals surface area contributed by atoms with Crippen LogP contribution in [-0.2, 0) is 5.92 Å². The van der Waals surface area contributed by atoms with Gasteiger partial charge in [0.25, 0.3) is 5.92 Å². The molecular weight excluding hydrogens is 326 g/mol. The van der Waals surface area contributed by atoms with Gasteiger partial charge in [0.05, 0.1) is 17.8 Å². The van der Waals surface area contributed by atoms with Crippen molar-refractivity contribution in [1.82, 2.24) is 0 Å². The summed E-state index contributed by atoms with van der Waals surface area (Å²) in [4.78, 5) is 0. The highest BCUT2D eigenvalue weighted by molar-refractivity contribution is 9.10. The predicted octanol–water partition coefficient (Wildman–Crippen LogP) is 4.52. The number of hydrogen-bond acceptors (Lipinski definition) is 2. The number of halogens is 3. The van der Waals surface area contributed by atoms with Crippen molar-refractivity contribution in [1.29, 1.82) is 5.26 Å². The first-order valence-corrected chi connectivity index (χ1v) is 6.69. The van der Waals surface area contributed by atoms with Crippen LogP contribution in [0.3, 0.4) is 0 Å². The molecule has 20 heavy (non-hydrogen) atoms. The molecule has 0 saturated heterocycles. The van der Waals surface area contributed by atoms with Gasteiger partial charge >= 0.3 is 0 Å². The normalized spacial score (nSPS) is 10.9. The van der Waals surface area contributed by atoms with Crippen molar-refractivity contribution >= 4 is 21.6 Å². The van der Waals surface area contributed by atoms with Gasteiger partial charge in [0, 0.05) is 10.0 Å². The van der Waals surface area contributed by atoms with Crippen LogP contribution in [0.2, 0.25) is 0 Å². The van der Waals surface area contributed by atoms with Crippen LogP contribution in [0.4, 0.5) is 14.5 Å². The summed E-state index contributed by atoms with van der Waals surface area (Å²) in [6, 6.07) is 14.5. The van der Waals surface area contributed by atoms with Crippen molar-refractivity contribution in [3.05, 3.63) is 64.1 Å². The maximum absolute atomic E-state index is 14.0. The largest absolute Gasteiger partial charge is 0.378 e. The molecular formula is C15H11BrF2N2. The van der Waals surface area contributed by atoms with E-state index >= 15 is 0 Å². The molecule has 0 radical (unpaired) electrons. The maximum atomic E-state index is 14.0. The fourth-order valence-electron chi connectivity index (χ4n) is 1.75. The second-order valence-electron chi connectivity index (χ2n) is 4.23. The van der Waals surface area contributed by atoms with E-state index < -0.39 is 12.5 Å². The summed E-state index contributed by atoms with van der Waals surface area (Å²) in [7, 11) is 0. The van der Waals surface area contributed by atoms with Crippen LogP contribution in [0.1, 0.15) is 11.1 Å². The van der Waals surface area contributed by atoms with Crippen molar-refractivity contribution < 1.29 is 8.78 Å². The van der Waals surface area contributed by atoms with Gasteiger partial charge in [-0.15, -0.1) is 0 Å². The molecule has 0 fully saturated rings. The average molecular weight is 337 g/mol. The third-order valence-electron chi connectivity index (χ3n) is 2.80. The molecule has 2 nitrogen and oxygen atoms in total. The van der Waals surface area contributed by atoms with Gasteiger partial charge in [0.1, 0.15) is 6.07 Å². The van der Waals surface area contributed by atoms with Crippen molar-refractivity contribution in [2.24, 2.45) is 0 Å². The summed E-state index contributed by atoms with van der Waals surface area (Å²) >= 11 is 3.24. The van der Waals surface area contributed by atoms with Crippen molar-refractivity contribution in [2.75, 3.05) is 11.9 Å². The van der Waals surface area contributed by atoms with Crippen molar-refractivity contribution in [2.45, 2.75) is 5.92 Å². The Kier molecular flexibility index (Phi) is 4.35. The van der Waals surface area contributed by atoms with E-state index in [4.69, 9.17) is 5.26 Å². The van der Waals surface area contributed by atoms with E-state index in [2.05, 4.69) is 21.2 Å². The Bertz CT molecular complexity index is 636. The first-order chi connectivity index (χ1) is 9.53. The standard InChI is InChI=1S/C15H11BrF2N2/c16-13-6-7-14(11(8-13)9-19)20-10-15(17,18)12-4-2-1-3-5-12/h1-8,20H,10H2. The smallest absolute Gasteiger partial charge is 0.290 e. The number of nitriles is 1. The van der Waals surface area contributed by atoms with Gasteiger partial charge in [-0.25, -0.2) is 0 Å². The summed E-state index contributed by atoms with van der Waals surface area (Å²) in [5, 5.41) is 11.6. The molecule has 0 heterocycles. The molecule has 2 aromatic carbocycles. The van der Waals surface area contributed by atoms with Crippen molar-refractivity contribution in [3.8, 4) is 6.07 Å². The summed E-state index contributed by atoms with van der Waals surface area (Å²) in [5.41, 5.74) is 0.665. The molecule has 102 valence electrons. The molecule has 0 aliphatic heterocycles. The third kappa shape index (κ3) is 3.34. The lowest BCUT2D eigenvalue weighted by molar-refractivity contribution is 0.0106. The zero-order chi connectivity index (χ0) is 14.6. The number of anilines is 1. The topological polar surface area (TPSA) is 35.8 Å². The highest BCUT2D eigenvalue weighted by Gasteiger charge is 2.31. The molecule has 0 aliphatic carbocycles. The van der Waals surface area contributed by atoms with Crippen LogP contribution in [0.25, 0.3) is 0 Å². The Labute approximate surface area is 124 Å². The Morgan fingerprint density at radius 3 is 2.50 bits per heavy atom. The van der Waals surface area contributed by atoms with Crippen LogP contribution in [0, 0.1) is 11.3 Å². The molecule has 2 aromatic rings. The third-order valence-corrected chi connectivity index (χ3v) is 3.29. The van der Waals surface area contributed by atoms with Crippen LogP contribution >= 0.6 is 15.9 Å². The van der Waals surface area contributed by atoms with E-state index in [1.807, 2.05) is 6.07 Å². The number of rotatable bonds is 4. The Morgan fingerprint density at radius 1 is 1.15 bits per heavy atom. The van der Waals surface area contributed by atoms with Crippen LogP contribution < -0.4 is 5.32 Å². The second kappa shape index (κ2) is 6.02. The van der Waals surface area contributed by atoms with E-state index in [1.54, 1.807) is 36.4 Å². The molecule has 0 amide bonds. The van der Waals surface area contributed by atoms with E-state index in [9.17, 15) is 8.78 Å². The molecule has 1 N–H and O–H groups in total. The minimum Gasteiger partial charge on any atom is -0.378 e. The second-order valence-corrected chi connectivity index (χ2v) is 5.14. The molecule has 0 aliphatic rings. The van der Waals surface area contributed by atoms with E-state index in [0.717, 1.165) is 4.47 Å². The quantitative estimate of drug-likeness (QED) is 0.890. The minimum absolute atomic E-state index is 0.0527. The Morgan fingerprint density at radius 2 is 1.85 bits per heavy atom. The first kappa shape index (κ1) is 14.5. The zero-order valence-electron chi connectivity index (χ0n) is 10.4. The molecule has 0 atom stereocenters. The van der Waals surface area contributed by atoms with Crippen LogP contribution in [-0.4, -0.2) is 6.54 Å². The highest BCUT2D eigenvalue weighted by Crippen LogP contribution is 2.29. The first-order valence-electron chi connectivity index (χ1n) is 5.90. The van der Waals surface area contributed by atoms with Gasteiger partial charge in [-0.2, -0.15) is 14.0 Å². The lowest BCUT2D eigenvalue weighted by Crippen LogP contribution is -2.24. The number of alkyl halides is 2. The van der Waals surface area contributed by atoms with E-state index in [-0.39, 0.29) is 5.56 Å². The molecule has 0 saturated carbocycles. The number of nitrogens with one attached hydrogen (secondary N) is 1. The Hall–Kier alpha value is -1.93. The average Bonchev–Trinajstić information content (AvgIpc) is 2.46. The minimum atomic E-state index is -3.00. The number of nitrogens with zero attached hydrogens (tertiary/aromatic N) is 1. The fourth-order valence-corrected chi connectivity index (χ4v) is 2.11. The zero-order valence-corrected chi connectivity index (χ0v) is 12.0. The Balaban J connectivity index is 2.15. The van der Waals surface area contributed by atoms with Crippen LogP contribution in [0.5, 0.6) is 0 Å². The lowest BCUT2D eigenvalue weighted by Gasteiger charge is -2.18.